The number of imidazole rings is 1. The van der Waals surface area contributed by atoms with Crippen LogP contribution in [-0.4, -0.2) is 9.55 Å². The molecule has 0 saturated carbocycles. The number of benzene rings is 1. The Morgan fingerprint density at radius 1 is 1.27 bits per heavy atom. The zero-order valence-electron chi connectivity index (χ0n) is 9.50. The van der Waals surface area contributed by atoms with Crippen LogP contribution in [0, 0.1) is 5.82 Å². The van der Waals surface area contributed by atoms with Crippen molar-refractivity contribution in [2.24, 2.45) is 7.05 Å². The van der Waals surface area contributed by atoms with Crippen molar-refractivity contribution in [3.63, 3.8) is 0 Å². The van der Waals surface area contributed by atoms with Crippen molar-refractivity contribution in [2.75, 3.05) is 0 Å². The number of aryl methyl sites for hydroxylation is 1. The first kappa shape index (κ1) is 10.1. The molecule has 0 aliphatic heterocycles. The maximum Gasteiger partial charge on any atom is 0.129 e. The van der Waals surface area contributed by atoms with Gasteiger partial charge in [0.05, 0.1) is 17.4 Å². The van der Waals surface area contributed by atoms with Crippen LogP contribution in [0.15, 0.2) is 18.5 Å². The number of halogens is 1. The molecule has 0 atom stereocenters. The third kappa shape index (κ3) is 1.62. The molecule has 0 aliphatic rings. The summed E-state index contributed by atoms with van der Waals surface area (Å²) in [6.07, 6.45) is 1.70. The van der Waals surface area contributed by atoms with Crippen LogP contribution in [-0.2, 0) is 12.5 Å². The van der Waals surface area contributed by atoms with Crippen molar-refractivity contribution in [3.8, 4) is 0 Å². The molecule has 2 aromatic rings. The molecule has 0 spiro atoms. The monoisotopic (exact) mass is 206 g/mol. The van der Waals surface area contributed by atoms with Crippen molar-refractivity contribution >= 4 is 11.0 Å². The van der Waals surface area contributed by atoms with Crippen LogP contribution in [0.5, 0.6) is 0 Å². The van der Waals surface area contributed by atoms with Crippen molar-refractivity contribution in [2.45, 2.75) is 26.2 Å². The van der Waals surface area contributed by atoms with Crippen LogP contribution < -0.4 is 0 Å². The number of nitrogens with zero attached hydrogens (tertiary/aromatic N) is 2. The summed E-state index contributed by atoms with van der Waals surface area (Å²) in [6.45, 7) is 6.00. The van der Waals surface area contributed by atoms with Crippen molar-refractivity contribution in [1.82, 2.24) is 9.55 Å². The van der Waals surface area contributed by atoms with Gasteiger partial charge >= 0.3 is 0 Å². The standard InChI is InChI=1S/C12H15FN2/c1-12(2,3)8-5-10-11(6-9(8)13)15(4)7-14-10/h5-7H,1-4H3. The predicted octanol–water partition coefficient (Wildman–Crippen LogP) is 3.01. The molecule has 0 saturated heterocycles. The van der Waals surface area contributed by atoms with Gasteiger partial charge in [-0.15, -0.1) is 0 Å². The Kier molecular flexibility index (Phi) is 2.07. The van der Waals surface area contributed by atoms with E-state index >= 15 is 0 Å². The van der Waals surface area contributed by atoms with Crippen LogP contribution in [0.1, 0.15) is 26.3 Å². The van der Waals surface area contributed by atoms with Gasteiger partial charge in [0.2, 0.25) is 0 Å². The van der Waals surface area contributed by atoms with E-state index in [0.717, 1.165) is 11.0 Å². The van der Waals surface area contributed by atoms with Gasteiger partial charge in [-0.25, -0.2) is 9.37 Å². The van der Waals surface area contributed by atoms with Gasteiger partial charge in [-0.1, -0.05) is 20.8 Å². The zero-order valence-corrected chi connectivity index (χ0v) is 9.50. The molecule has 80 valence electrons. The quantitative estimate of drug-likeness (QED) is 0.648. The average Bonchev–Trinajstić information content (AvgIpc) is 2.45. The van der Waals surface area contributed by atoms with Gasteiger partial charge in [0, 0.05) is 13.1 Å². The molecule has 2 nitrogen and oxygen atoms in total. The molecule has 3 heteroatoms. The van der Waals surface area contributed by atoms with Crippen LogP contribution in [0.3, 0.4) is 0 Å². The lowest BCUT2D eigenvalue weighted by molar-refractivity contribution is 0.524. The Bertz CT molecular complexity index is 506. The molecular weight excluding hydrogens is 191 g/mol. The van der Waals surface area contributed by atoms with Gasteiger partial charge in [-0.2, -0.15) is 0 Å². The lowest BCUT2D eigenvalue weighted by Crippen LogP contribution is -2.13. The fourth-order valence-electron chi connectivity index (χ4n) is 1.72. The number of fused-ring (bicyclic) bond motifs is 1. The second-order valence-electron chi connectivity index (χ2n) is 4.93. The van der Waals surface area contributed by atoms with Gasteiger partial charge in [0.1, 0.15) is 5.82 Å². The summed E-state index contributed by atoms with van der Waals surface area (Å²) in [4.78, 5) is 4.23. The lowest BCUT2D eigenvalue weighted by Gasteiger charge is -2.19. The third-order valence-corrected chi connectivity index (χ3v) is 2.62. The van der Waals surface area contributed by atoms with E-state index in [-0.39, 0.29) is 11.2 Å². The van der Waals surface area contributed by atoms with E-state index in [2.05, 4.69) is 4.98 Å². The highest BCUT2D eigenvalue weighted by molar-refractivity contribution is 5.76. The Labute approximate surface area is 88.7 Å². The minimum absolute atomic E-state index is 0.154. The van der Waals surface area contributed by atoms with E-state index in [9.17, 15) is 4.39 Å². The molecule has 15 heavy (non-hydrogen) atoms. The molecule has 0 bridgehead atoms. The summed E-state index contributed by atoms with van der Waals surface area (Å²) in [6, 6.07) is 3.40. The predicted molar refractivity (Wildman–Crippen MR) is 59.4 cm³/mol. The van der Waals surface area contributed by atoms with Crippen LogP contribution in [0.2, 0.25) is 0 Å². The maximum atomic E-state index is 13.8. The summed E-state index contributed by atoms with van der Waals surface area (Å²) >= 11 is 0. The highest BCUT2D eigenvalue weighted by Gasteiger charge is 2.19. The topological polar surface area (TPSA) is 17.8 Å². The first-order valence-corrected chi connectivity index (χ1v) is 5.00. The summed E-state index contributed by atoms with van der Waals surface area (Å²) in [7, 11) is 1.87. The molecular formula is C12H15FN2. The smallest absolute Gasteiger partial charge is 0.129 e. The Morgan fingerprint density at radius 3 is 2.53 bits per heavy atom. The van der Waals surface area contributed by atoms with E-state index in [1.165, 1.54) is 0 Å². The van der Waals surface area contributed by atoms with Gasteiger partial charge in [-0.05, 0) is 17.0 Å². The minimum Gasteiger partial charge on any atom is -0.334 e. The molecule has 0 unspecified atom stereocenters. The van der Waals surface area contributed by atoms with Crippen LogP contribution in [0.25, 0.3) is 11.0 Å². The molecule has 0 fully saturated rings. The molecule has 1 aromatic heterocycles. The van der Waals surface area contributed by atoms with E-state index in [0.29, 0.717) is 5.56 Å². The Morgan fingerprint density at radius 2 is 1.93 bits per heavy atom. The second kappa shape index (κ2) is 3.05. The van der Waals surface area contributed by atoms with Crippen molar-refractivity contribution in [1.29, 1.82) is 0 Å². The van der Waals surface area contributed by atoms with Gasteiger partial charge < -0.3 is 4.57 Å². The molecule has 0 aliphatic carbocycles. The third-order valence-electron chi connectivity index (χ3n) is 2.62. The minimum atomic E-state index is -0.185. The van der Waals surface area contributed by atoms with E-state index in [1.807, 2.05) is 38.5 Å². The number of aromatic nitrogens is 2. The van der Waals surface area contributed by atoms with E-state index in [1.54, 1.807) is 12.4 Å². The van der Waals surface area contributed by atoms with Crippen molar-refractivity contribution < 1.29 is 4.39 Å². The SMILES string of the molecule is Cn1cnc2cc(C(C)(C)C)c(F)cc21. The molecule has 0 radical (unpaired) electrons. The first-order valence-electron chi connectivity index (χ1n) is 5.00. The number of hydrogen-bond donors (Lipinski definition) is 0. The summed E-state index contributed by atoms with van der Waals surface area (Å²) in [5, 5.41) is 0. The molecule has 0 N–H and O–H groups in total. The van der Waals surface area contributed by atoms with Crippen LogP contribution >= 0.6 is 0 Å². The van der Waals surface area contributed by atoms with E-state index in [4.69, 9.17) is 0 Å². The summed E-state index contributed by atoms with van der Waals surface area (Å²) in [5.74, 6) is -0.154. The maximum absolute atomic E-state index is 13.8. The van der Waals surface area contributed by atoms with Gasteiger partial charge in [0.15, 0.2) is 0 Å². The normalized spacial score (nSPS) is 12.3. The first-order chi connectivity index (χ1) is 6.89. The molecule has 0 amide bonds. The second-order valence-corrected chi connectivity index (χ2v) is 4.93. The highest BCUT2D eigenvalue weighted by Crippen LogP contribution is 2.28. The lowest BCUT2D eigenvalue weighted by atomic mass is 9.86. The Balaban J connectivity index is 2.74. The fraction of sp³-hybridized carbons (Fsp3) is 0.417. The molecule has 1 heterocycles. The zero-order chi connectivity index (χ0) is 11.2. The van der Waals surface area contributed by atoms with E-state index < -0.39 is 0 Å². The van der Waals surface area contributed by atoms with Crippen molar-refractivity contribution in [3.05, 3.63) is 29.8 Å². The largest absolute Gasteiger partial charge is 0.334 e. The Hall–Kier alpha value is -1.38. The summed E-state index contributed by atoms with van der Waals surface area (Å²) < 4.78 is 15.7. The molecule has 2 rings (SSSR count). The van der Waals surface area contributed by atoms with Crippen LogP contribution in [0.4, 0.5) is 4.39 Å². The average molecular weight is 206 g/mol. The summed E-state index contributed by atoms with van der Waals surface area (Å²) in [5.41, 5.74) is 2.22. The number of rotatable bonds is 0. The highest BCUT2D eigenvalue weighted by atomic mass is 19.1. The fourth-order valence-corrected chi connectivity index (χ4v) is 1.72. The van der Waals surface area contributed by atoms with Gasteiger partial charge in [0.25, 0.3) is 0 Å². The van der Waals surface area contributed by atoms with Gasteiger partial charge in [-0.3, -0.25) is 0 Å². The number of hydrogen-bond acceptors (Lipinski definition) is 1. The molecule has 1 aromatic carbocycles.